The van der Waals surface area contributed by atoms with Gasteiger partial charge in [-0.3, -0.25) is 14.3 Å². The zero-order valence-electron chi connectivity index (χ0n) is 17.8. The van der Waals surface area contributed by atoms with Crippen molar-refractivity contribution < 1.29 is 18.0 Å². The molecule has 0 saturated heterocycles. The van der Waals surface area contributed by atoms with Crippen LogP contribution in [0.25, 0.3) is 0 Å². The summed E-state index contributed by atoms with van der Waals surface area (Å²) in [6.45, 7) is 3.88. The van der Waals surface area contributed by atoms with Gasteiger partial charge in [0.25, 0.3) is 21.8 Å². The number of nitrogens with one attached hydrogen (secondary N) is 3. The number of rotatable bonds is 8. The SMILES string of the molecule is CC[C@H](C)NC(=O)c1ccccc1NC(=O)c1ccc(NS(=O)(=O)c2ccccc2)cc1. The van der Waals surface area contributed by atoms with E-state index in [0.29, 0.717) is 22.5 Å². The Morgan fingerprint density at radius 2 is 1.47 bits per heavy atom. The van der Waals surface area contributed by atoms with Crippen molar-refractivity contribution in [1.82, 2.24) is 5.32 Å². The van der Waals surface area contributed by atoms with Crippen molar-refractivity contribution in [1.29, 1.82) is 0 Å². The Morgan fingerprint density at radius 3 is 2.12 bits per heavy atom. The molecule has 0 saturated carbocycles. The Labute approximate surface area is 187 Å². The van der Waals surface area contributed by atoms with Crippen LogP contribution in [0.4, 0.5) is 11.4 Å². The van der Waals surface area contributed by atoms with E-state index in [2.05, 4.69) is 15.4 Å². The van der Waals surface area contributed by atoms with Crippen molar-refractivity contribution >= 4 is 33.2 Å². The van der Waals surface area contributed by atoms with Gasteiger partial charge in [0.2, 0.25) is 0 Å². The van der Waals surface area contributed by atoms with Crippen LogP contribution in [0.5, 0.6) is 0 Å². The molecule has 0 bridgehead atoms. The van der Waals surface area contributed by atoms with E-state index in [1.165, 1.54) is 36.4 Å². The van der Waals surface area contributed by atoms with Gasteiger partial charge in [-0.05, 0) is 61.9 Å². The van der Waals surface area contributed by atoms with E-state index in [-0.39, 0.29) is 16.8 Å². The fourth-order valence-electron chi connectivity index (χ4n) is 2.89. The second-order valence-corrected chi connectivity index (χ2v) is 8.96. The van der Waals surface area contributed by atoms with E-state index in [4.69, 9.17) is 0 Å². The molecule has 166 valence electrons. The third-order valence-electron chi connectivity index (χ3n) is 4.86. The average molecular weight is 452 g/mol. The van der Waals surface area contributed by atoms with E-state index < -0.39 is 15.9 Å². The van der Waals surface area contributed by atoms with E-state index in [0.717, 1.165) is 6.42 Å². The van der Waals surface area contributed by atoms with Gasteiger partial charge in [0.15, 0.2) is 0 Å². The first-order valence-electron chi connectivity index (χ1n) is 10.2. The van der Waals surface area contributed by atoms with Crippen LogP contribution in [0.15, 0.2) is 83.8 Å². The van der Waals surface area contributed by atoms with Gasteiger partial charge in [-0.1, -0.05) is 37.3 Å². The Kier molecular flexibility index (Phi) is 7.27. The summed E-state index contributed by atoms with van der Waals surface area (Å²) >= 11 is 0. The largest absolute Gasteiger partial charge is 0.350 e. The van der Waals surface area contributed by atoms with Crippen LogP contribution in [0.3, 0.4) is 0 Å². The fourth-order valence-corrected chi connectivity index (χ4v) is 3.97. The number of hydrogen-bond donors (Lipinski definition) is 3. The number of benzene rings is 3. The minimum Gasteiger partial charge on any atom is -0.350 e. The van der Waals surface area contributed by atoms with Crippen LogP contribution in [-0.2, 0) is 10.0 Å². The van der Waals surface area contributed by atoms with Crippen LogP contribution in [0, 0.1) is 0 Å². The highest BCUT2D eigenvalue weighted by Gasteiger charge is 2.16. The first kappa shape index (κ1) is 23.0. The van der Waals surface area contributed by atoms with E-state index in [1.807, 2.05) is 13.8 Å². The lowest BCUT2D eigenvalue weighted by Gasteiger charge is -2.15. The average Bonchev–Trinajstić information content (AvgIpc) is 2.80. The minimum absolute atomic E-state index is 0.0125. The summed E-state index contributed by atoms with van der Waals surface area (Å²) in [5.74, 6) is -0.674. The van der Waals surface area contributed by atoms with Gasteiger partial charge in [0, 0.05) is 17.3 Å². The molecule has 3 rings (SSSR count). The minimum atomic E-state index is -3.72. The number of sulfonamides is 1. The van der Waals surface area contributed by atoms with Gasteiger partial charge in [-0.15, -0.1) is 0 Å². The highest BCUT2D eigenvalue weighted by atomic mass is 32.2. The molecule has 0 heterocycles. The molecule has 3 N–H and O–H groups in total. The van der Waals surface area contributed by atoms with Crippen molar-refractivity contribution in [3.8, 4) is 0 Å². The number of carbonyl (C=O) groups excluding carboxylic acids is 2. The lowest BCUT2D eigenvalue weighted by atomic mass is 10.1. The van der Waals surface area contributed by atoms with Gasteiger partial charge in [-0.2, -0.15) is 0 Å². The van der Waals surface area contributed by atoms with Crippen LogP contribution >= 0.6 is 0 Å². The standard InChI is InChI=1S/C24H25N3O4S/c1-3-17(2)25-24(29)21-11-7-8-12-22(21)26-23(28)18-13-15-19(16-14-18)27-32(30,31)20-9-5-4-6-10-20/h4-17,27H,3H2,1-2H3,(H,25,29)(H,26,28)/t17-/m0/s1. The van der Waals surface area contributed by atoms with Crippen molar-refractivity contribution in [2.75, 3.05) is 10.0 Å². The van der Waals surface area contributed by atoms with Gasteiger partial charge >= 0.3 is 0 Å². The summed E-state index contributed by atoms with van der Waals surface area (Å²) in [4.78, 5) is 25.4. The Bertz CT molecular complexity index is 1190. The lowest BCUT2D eigenvalue weighted by Crippen LogP contribution is -2.32. The monoisotopic (exact) mass is 451 g/mol. The molecule has 0 unspecified atom stereocenters. The molecule has 0 aliphatic heterocycles. The summed E-state index contributed by atoms with van der Waals surface area (Å²) in [6.07, 6.45) is 0.792. The molecule has 2 amide bonds. The number of anilines is 2. The van der Waals surface area contributed by atoms with Crippen LogP contribution < -0.4 is 15.4 Å². The quantitative estimate of drug-likeness (QED) is 0.476. The van der Waals surface area contributed by atoms with Gasteiger partial charge in [0.1, 0.15) is 0 Å². The summed E-state index contributed by atoms with van der Waals surface area (Å²) < 4.78 is 27.4. The molecular weight excluding hydrogens is 426 g/mol. The molecule has 1 atom stereocenters. The molecule has 8 heteroatoms. The van der Waals surface area contributed by atoms with Crippen LogP contribution in [-0.4, -0.2) is 26.3 Å². The molecule has 0 aliphatic rings. The van der Waals surface area contributed by atoms with Crippen molar-refractivity contribution in [3.05, 3.63) is 90.0 Å². The Hall–Kier alpha value is -3.65. The first-order valence-corrected chi connectivity index (χ1v) is 11.7. The number of para-hydroxylation sites is 1. The normalized spacial score (nSPS) is 11.9. The first-order chi connectivity index (χ1) is 15.3. The van der Waals surface area contributed by atoms with Crippen LogP contribution in [0.2, 0.25) is 0 Å². The molecule has 0 spiro atoms. The second kappa shape index (κ2) is 10.1. The maximum absolute atomic E-state index is 12.7. The van der Waals surface area contributed by atoms with Crippen molar-refractivity contribution in [2.24, 2.45) is 0 Å². The second-order valence-electron chi connectivity index (χ2n) is 7.28. The molecule has 0 fully saturated rings. The van der Waals surface area contributed by atoms with Gasteiger partial charge in [-0.25, -0.2) is 8.42 Å². The number of hydrogen-bond acceptors (Lipinski definition) is 4. The van der Waals surface area contributed by atoms with E-state index in [1.54, 1.807) is 42.5 Å². The summed E-state index contributed by atoms with van der Waals surface area (Å²) in [5.41, 5.74) is 1.42. The third-order valence-corrected chi connectivity index (χ3v) is 6.26. The van der Waals surface area contributed by atoms with Crippen molar-refractivity contribution in [2.45, 2.75) is 31.2 Å². The zero-order valence-corrected chi connectivity index (χ0v) is 18.6. The smallest absolute Gasteiger partial charge is 0.261 e. The predicted octanol–water partition coefficient (Wildman–Crippen LogP) is 4.27. The molecule has 32 heavy (non-hydrogen) atoms. The molecule has 0 aromatic heterocycles. The summed E-state index contributed by atoms with van der Waals surface area (Å²) in [7, 11) is -3.72. The Balaban J connectivity index is 1.72. The van der Waals surface area contributed by atoms with E-state index >= 15 is 0 Å². The maximum atomic E-state index is 12.7. The molecular formula is C24H25N3O4S. The fraction of sp³-hybridized carbons (Fsp3) is 0.167. The topological polar surface area (TPSA) is 104 Å². The predicted molar refractivity (Wildman–Crippen MR) is 125 cm³/mol. The van der Waals surface area contributed by atoms with Crippen molar-refractivity contribution in [3.63, 3.8) is 0 Å². The molecule has 3 aromatic rings. The summed E-state index contributed by atoms with van der Waals surface area (Å²) in [5, 5.41) is 5.64. The van der Waals surface area contributed by atoms with Crippen LogP contribution in [0.1, 0.15) is 41.0 Å². The van der Waals surface area contributed by atoms with E-state index in [9.17, 15) is 18.0 Å². The third kappa shape index (κ3) is 5.73. The lowest BCUT2D eigenvalue weighted by molar-refractivity contribution is 0.0940. The summed E-state index contributed by atoms with van der Waals surface area (Å²) in [6, 6.07) is 20.8. The highest BCUT2D eigenvalue weighted by Crippen LogP contribution is 2.19. The molecule has 0 aliphatic carbocycles. The van der Waals surface area contributed by atoms with Gasteiger partial charge in [0.05, 0.1) is 16.1 Å². The highest BCUT2D eigenvalue weighted by molar-refractivity contribution is 7.92. The maximum Gasteiger partial charge on any atom is 0.261 e. The zero-order chi connectivity index (χ0) is 23.1. The molecule has 0 radical (unpaired) electrons. The van der Waals surface area contributed by atoms with Gasteiger partial charge < -0.3 is 10.6 Å². The number of carbonyl (C=O) groups is 2. The Morgan fingerprint density at radius 1 is 0.844 bits per heavy atom. The number of amides is 2. The molecule has 3 aromatic carbocycles. The molecule has 7 nitrogen and oxygen atoms in total.